The SMILES string of the molecule is FCCC=C[C@H]1CC[C@H]([C@H]2CC[C@H](CCc3ccc(OC(F)F)cc3)CC2)CC1. The van der Waals surface area contributed by atoms with E-state index in [0.29, 0.717) is 12.3 Å². The fraction of sp³-hybridized carbons (Fsp3) is 0.680. The molecule has 0 atom stereocenters. The lowest BCUT2D eigenvalue weighted by Gasteiger charge is -2.37. The van der Waals surface area contributed by atoms with Crippen LogP contribution in [0.1, 0.15) is 69.8 Å². The Hall–Kier alpha value is -1.45. The van der Waals surface area contributed by atoms with E-state index in [0.717, 1.165) is 24.2 Å². The van der Waals surface area contributed by atoms with Crippen LogP contribution < -0.4 is 4.74 Å². The lowest BCUT2D eigenvalue weighted by atomic mass is 9.68. The van der Waals surface area contributed by atoms with Crippen molar-refractivity contribution < 1.29 is 17.9 Å². The zero-order chi connectivity index (χ0) is 20.5. The molecule has 0 bridgehead atoms. The number of ether oxygens (including phenoxy) is 1. The van der Waals surface area contributed by atoms with Crippen molar-refractivity contribution in [2.45, 2.75) is 77.2 Å². The molecule has 4 heteroatoms. The first-order valence-corrected chi connectivity index (χ1v) is 11.4. The molecular formula is C25H35F3O. The molecule has 2 saturated carbocycles. The molecule has 0 heterocycles. The molecule has 0 radical (unpaired) electrons. The van der Waals surface area contributed by atoms with Crippen molar-refractivity contribution in [1.82, 2.24) is 0 Å². The third kappa shape index (κ3) is 7.38. The molecule has 3 rings (SSSR count). The number of aryl methyl sites for hydroxylation is 1. The van der Waals surface area contributed by atoms with Crippen LogP contribution >= 0.6 is 0 Å². The van der Waals surface area contributed by atoms with E-state index in [1.54, 1.807) is 12.1 Å². The molecule has 2 aliphatic carbocycles. The van der Waals surface area contributed by atoms with Crippen LogP contribution in [-0.2, 0) is 6.42 Å². The first-order valence-electron chi connectivity index (χ1n) is 11.4. The van der Waals surface area contributed by atoms with Gasteiger partial charge in [-0.2, -0.15) is 8.78 Å². The smallest absolute Gasteiger partial charge is 0.387 e. The highest BCUT2D eigenvalue weighted by molar-refractivity contribution is 5.27. The van der Waals surface area contributed by atoms with E-state index in [1.165, 1.54) is 63.4 Å². The minimum Gasteiger partial charge on any atom is -0.435 e. The van der Waals surface area contributed by atoms with Gasteiger partial charge in [-0.25, -0.2) is 0 Å². The Morgan fingerprint density at radius 1 is 0.897 bits per heavy atom. The molecule has 1 aromatic carbocycles. The third-order valence-corrected chi connectivity index (χ3v) is 7.05. The first kappa shape index (κ1) is 22.2. The Balaban J connectivity index is 1.33. The normalized spacial score (nSPS) is 28.1. The predicted molar refractivity (Wildman–Crippen MR) is 112 cm³/mol. The van der Waals surface area contributed by atoms with Crippen LogP contribution in [0.4, 0.5) is 13.2 Å². The van der Waals surface area contributed by atoms with Crippen LogP contribution in [0.15, 0.2) is 36.4 Å². The van der Waals surface area contributed by atoms with Gasteiger partial charge >= 0.3 is 6.61 Å². The second kappa shape index (κ2) is 11.7. The summed E-state index contributed by atoms with van der Waals surface area (Å²) < 4.78 is 41.1. The minimum absolute atomic E-state index is 0.233. The predicted octanol–water partition coefficient (Wildman–Crippen LogP) is 7.75. The first-order chi connectivity index (χ1) is 14.1. The highest BCUT2D eigenvalue weighted by Crippen LogP contribution is 2.42. The Bertz CT molecular complexity index is 597. The maximum absolute atomic E-state index is 12.2. The Kier molecular flexibility index (Phi) is 8.94. The molecule has 1 aromatic rings. The van der Waals surface area contributed by atoms with Crippen LogP contribution in [0, 0.1) is 23.7 Å². The van der Waals surface area contributed by atoms with E-state index in [9.17, 15) is 13.2 Å². The fourth-order valence-electron chi connectivity index (χ4n) is 5.32. The monoisotopic (exact) mass is 408 g/mol. The van der Waals surface area contributed by atoms with Crippen LogP contribution in [0.25, 0.3) is 0 Å². The average molecular weight is 409 g/mol. The standard InChI is InChI=1S/C25H35F3O/c26-18-2-1-3-19-6-12-22(13-7-19)23-14-8-20(9-15-23)4-5-21-10-16-24(17-11-21)29-25(27)28/h1,3,10-11,16-17,19-20,22-23,25H,2,4-9,12-15,18H2/t19-,20-,22-,23-. The van der Waals surface area contributed by atoms with Crippen LogP contribution in [0.5, 0.6) is 5.75 Å². The maximum Gasteiger partial charge on any atom is 0.387 e. The van der Waals surface area contributed by atoms with Gasteiger partial charge in [-0.15, -0.1) is 0 Å². The van der Waals surface area contributed by atoms with E-state index >= 15 is 0 Å². The zero-order valence-corrected chi connectivity index (χ0v) is 17.4. The largest absolute Gasteiger partial charge is 0.435 e. The van der Waals surface area contributed by atoms with Crippen molar-refractivity contribution >= 4 is 0 Å². The molecule has 0 N–H and O–H groups in total. The molecule has 0 spiro atoms. The zero-order valence-electron chi connectivity index (χ0n) is 17.4. The summed E-state index contributed by atoms with van der Waals surface area (Å²) in [5, 5.41) is 0. The summed E-state index contributed by atoms with van der Waals surface area (Å²) in [6.07, 6.45) is 17.6. The number of hydrogen-bond donors (Lipinski definition) is 0. The molecule has 0 unspecified atom stereocenters. The molecular weight excluding hydrogens is 373 g/mol. The van der Waals surface area contributed by atoms with Crippen molar-refractivity contribution in [3.8, 4) is 5.75 Å². The van der Waals surface area contributed by atoms with Crippen molar-refractivity contribution in [1.29, 1.82) is 0 Å². The summed E-state index contributed by atoms with van der Waals surface area (Å²) in [4.78, 5) is 0. The Morgan fingerprint density at radius 3 is 2.10 bits per heavy atom. The average Bonchev–Trinajstić information content (AvgIpc) is 2.74. The maximum atomic E-state index is 12.2. The van der Waals surface area contributed by atoms with E-state index in [4.69, 9.17) is 0 Å². The molecule has 162 valence electrons. The molecule has 0 aromatic heterocycles. The van der Waals surface area contributed by atoms with Gasteiger partial charge in [-0.1, -0.05) is 37.1 Å². The van der Waals surface area contributed by atoms with Gasteiger partial charge in [-0.05, 0) is 99.2 Å². The Morgan fingerprint density at radius 2 is 1.52 bits per heavy atom. The van der Waals surface area contributed by atoms with Gasteiger partial charge in [0, 0.05) is 0 Å². The van der Waals surface area contributed by atoms with E-state index in [2.05, 4.69) is 10.8 Å². The van der Waals surface area contributed by atoms with Gasteiger partial charge in [0.15, 0.2) is 0 Å². The van der Waals surface area contributed by atoms with Crippen molar-refractivity contribution in [3.05, 3.63) is 42.0 Å². The lowest BCUT2D eigenvalue weighted by Crippen LogP contribution is -2.25. The van der Waals surface area contributed by atoms with Crippen LogP contribution in [0.2, 0.25) is 0 Å². The van der Waals surface area contributed by atoms with Crippen molar-refractivity contribution in [3.63, 3.8) is 0 Å². The molecule has 2 fully saturated rings. The molecule has 0 amide bonds. The highest BCUT2D eigenvalue weighted by Gasteiger charge is 2.30. The molecule has 0 aliphatic heterocycles. The summed E-state index contributed by atoms with van der Waals surface area (Å²) in [7, 11) is 0. The quantitative estimate of drug-likeness (QED) is 0.380. The summed E-state index contributed by atoms with van der Waals surface area (Å²) in [6.45, 7) is -3.00. The second-order valence-electron chi connectivity index (χ2n) is 8.92. The van der Waals surface area contributed by atoms with Gasteiger partial charge in [0.2, 0.25) is 0 Å². The number of halogens is 3. The van der Waals surface area contributed by atoms with Gasteiger partial charge in [-0.3, -0.25) is 4.39 Å². The van der Waals surface area contributed by atoms with Gasteiger partial charge < -0.3 is 4.74 Å². The van der Waals surface area contributed by atoms with E-state index < -0.39 is 6.61 Å². The number of alkyl halides is 3. The number of hydrogen-bond acceptors (Lipinski definition) is 1. The van der Waals surface area contributed by atoms with Gasteiger partial charge in [0.1, 0.15) is 5.75 Å². The summed E-state index contributed by atoms with van der Waals surface area (Å²) in [5.74, 6) is 3.49. The number of rotatable bonds is 9. The van der Waals surface area contributed by atoms with Gasteiger partial charge in [0.25, 0.3) is 0 Å². The van der Waals surface area contributed by atoms with Crippen LogP contribution in [-0.4, -0.2) is 13.3 Å². The lowest BCUT2D eigenvalue weighted by molar-refractivity contribution is -0.0498. The number of allylic oxidation sites excluding steroid dienone is 2. The summed E-state index contributed by atoms with van der Waals surface area (Å²) in [6, 6.07) is 7.09. The number of benzene rings is 1. The second-order valence-corrected chi connectivity index (χ2v) is 8.92. The fourth-order valence-corrected chi connectivity index (χ4v) is 5.32. The topological polar surface area (TPSA) is 9.23 Å². The molecule has 29 heavy (non-hydrogen) atoms. The molecule has 0 saturated heterocycles. The van der Waals surface area contributed by atoms with Crippen LogP contribution in [0.3, 0.4) is 0 Å². The minimum atomic E-state index is -2.76. The molecule has 2 aliphatic rings. The van der Waals surface area contributed by atoms with Crippen molar-refractivity contribution in [2.75, 3.05) is 6.67 Å². The molecule has 1 nitrogen and oxygen atoms in total. The van der Waals surface area contributed by atoms with Gasteiger partial charge in [0.05, 0.1) is 6.67 Å². The highest BCUT2D eigenvalue weighted by atomic mass is 19.3. The summed E-state index contributed by atoms with van der Waals surface area (Å²) in [5.41, 5.74) is 1.20. The third-order valence-electron chi connectivity index (χ3n) is 7.05. The Labute approximate surface area is 173 Å². The van der Waals surface area contributed by atoms with Crippen molar-refractivity contribution in [2.24, 2.45) is 23.7 Å². The van der Waals surface area contributed by atoms with E-state index in [-0.39, 0.29) is 12.4 Å². The summed E-state index contributed by atoms with van der Waals surface area (Å²) >= 11 is 0. The van der Waals surface area contributed by atoms with E-state index in [1.807, 2.05) is 18.2 Å².